The maximum atomic E-state index is 12.2. The number of anilines is 1. The van der Waals surface area contributed by atoms with Crippen LogP contribution in [0.15, 0.2) is 45.9 Å². The van der Waals surface area contributed by atoms with Gasteiger partial charge in [-0.3, -0.25) is 4.72 Å². The van der Waals surface area contributed by atoms with E-state index in [2.05, 4.69) is 25.6 Å². The van der Waals surface area contributed by atoms with Crippen LogP contribution < -0.4 is 4.72 Å². The Morgan fingerprint density at radius 2 is 1.89 bits per heavy atom. The highest BCUT2D eigenvalue weighted by molar-refractivity contribution is 9.10. The van der Waals surface area contributed by atoms with Crippen LogP contribution in [0.25, 0.3) is 0 Å². The molecule has 0 aliphatic carbocycles. The molecule has 1 heterocycles. The van der Waals surface area contributed by atoms with Gasteiger partial charge in [-0.2, -0.15) is 0 Å². The Hall–Kier alpha value is -0.820. The molecule has 2 rings (SSSR count). The Balaban J connectivity index is 2.43. The first-order valence-electron chi connectivity index (χ1n) is 4.98. The van der Waals surface area contributed by atoms with Crippen molar-refractivity contribution >= 4 is 55.0 Å². The molecule has 4 nitrogen and oxygen atoms in total. The SMILES string of the molecule is O=S(=O)(Nc1ccccn1)c1cc(Cl)c(Br)cc1Cl. The van der Waals surface area contributed by atoms with E-state index in [-0.39, 0.29) is 20.8 Å². The Kier molecular flexibility index (Phi) is 4.35. The summed E-state index contributed by atoms with van der Waals surface area (Å²) >= 11 is 15.0. The third-order valence-electron chi connectivity index (χ3n) is 2.17. The predicted molar refractivity (Wildman–Crippen MR) is 79.2 cm³/mol. The van der Waals surface area contributed by atoms with Gasteiger partial charge in [0.1, 0.15) is 10.7 Å². The summed E-state index contributed by atoms with van der Waals surface area (Å²) in [6.07, 6.45) is 1.48. The highest BCUT2D eigenvalue weighted by atomic mass is 79.9. The van der Waals surface area contributed by atoms with Crippen molar-refractivity contribution in [1.29, 1.82) is 0 Å². The average molecular weight is 382 g/mol. The van der Waals surface area contributed by atoms with Crippen LogP contribution in [0.5, 0.6) is 0 Å². The highest BCUT2D eigenvalue weighted by Gasteiger charge is 2.20. The number of nitrogens with one attached hydrogen (secondary N) is 1. The normalized spacial score (nSPS) is 11.3. The minimum atomic E-state index is -3.83. The van der Waals surface area contributed by atoms with Gasteiger partial charge in [-0.1, -0.05) is 29.3 Å². The van der Waals surface area contributed by atoms with E-state index < -0.39 is 10.0 Å². The standard InChI is InChI=1S/C11H7BrCl2N2O2S/c12-7-5-9(14)10(6-8(7)13)19(17,18)16-11-3-1-2-4-15-11/h1-6H,(H,15,16). The van der Waals surface area contributed by atoms with Gasteiger partial charge in [0, 0.05) is 10.7 Å². The minimum absolute atomic E-state index is 0.0692. The fourth-order valence-corrected chi connectivity index (χ4v) is 3.59. The lowest BCUT2D eigenvalue weighted by molar-refractivity contribution is 0.601. The van der Waals surface area contributed by atoms with Gasteiger partial charge >= 0.3 is 0 Å². The number of nitrogens with zero attached hydrogens (tertiary/aromatic N) is 1. The van der Waals surface area contributed by atoms with Gasteiger partial charge in [0.2, 0.25) is 0 Å². The molecule has 0 bridgehead atoms. The van der Waals surface area contributed by atoms with E-state index in [1.807, 2.05) is 0 Å². The zero-order valence-corrected chi connectivity index (χ0v) is 13.2. The van der Waals surface area contributed by atoms with Crippen molar-refractivity contribution in [3.63, 3.8) is 0 Å². The molecule has 1 aromatic heterocycles. The molecule has 0 spiro atoms. The number of hydrogen-bond donors (Lipinski definition) is 1. The van der Waals surface area contributed by atoms with Crippen LogP contribution in [0, 0.1) is 0 Å². The lowest BCUT2D eigenvalue weighted by atomic mass is 10.4. The Morgan fingerprint density at radius 3 is 2.53 bits per heavy atom. The van der Waals surface area contributed by atoms with Crippen LogP contribution in [0.3, 0.4) is 0 Å². The van der Waals surface area contributed by atoms with Crippen LogP contribution >= 0.6 is 39.1 Å². The van der Waals surface area contributed by atoms with Crippen LogP contribution in [0.4, 0.5) is 5.82 Å². The van der Waals surface area contributed by atoms with Crippen molar-refractivity contribution in [2.45, 2.75) is 4.90 Å². The zero-order valence-electron chi connectivity index (χ0n) is 9.27. The summed E-state index contributed by atoms with van der Waals surface area (Å²) in [4.78, 5) is 3.78. The molecule has 0 amide bonds. The number of benzene rings is 1. The summed E-state index contributed by atoms with van der Waals surface area (Å²) in [5, 5.41) is 0.325. The first-order valence-corrected chi connectivity index (χ1v) is 8.02. The minimum Gasteiger partial charge on any atom is -0.263 e. The number of pyridine rings is 1. The molecule has 8 heteroatoms. The molecule has 0 atom stereocenters. The summed E-state index contributed by atoms with van der Waals surface area (Å²) in [6, 6.07) is 7.59. The van der Waals surface area contributed by atoms with E-state index in [0.29, 0.717) is 4.47 Å². The number of sulfonamides is 1. The largest absolute Gasteiger partial charge is 0.264 e. The van der Waals surface area contributed by atoms with Crippen LogP contribution in [0.1, 0.15) is 0 Å². The molecule has 0 unspecified atom stereocenters. The third kappa shape index (κ3) is 3.39. The predicted octanol–water partition coefficient (Wildman–Crippen LogP) is 3.95. The summed E-state index contributed by atoms with van der Waals surface area (Å²) < 4.78 is 27.2. The first kappa shape index (κ1) is 14.6. The average Bonchev–Trinajstić information content (AvgIpc) is 2.34. The van der Waals surface area contributed by atoms with Crippen LogP contribution in [-0.4, -0.2) is 13.4 Å². The summed E-state index contributed by atoms with van der Waals surface area (Å²) in [7, 11) is -3.83. The van der Waals surface area contributed by atoms with Crippen molar-refractivity contribution in [3.8, 4) is 0 Å². The molecule has 0 radical (unpaired) electrons. The van der Waals surface area contributed by atoms with Crippen LogP contribution in [0.2, 0.25) is 10.0 Å². The molecule has 0 fully saturated rings. The number of hydrogen-bond acceptors (Lipinski definition) is 3. The van der Waals surface area contributed by atoms with E-state index in [0.717, 1.165) is 0 Å². The van der Waals surface area contributed by atoms with Crippen molar-refractivity contribution in [2.75, 3.05) is 4.72 Å². The second-order valence-electron chi connectivity index (χ2n) is 3.52. The fourth-order valence-electron chi connectivity index (χ4n) is 1.33. The fraction of sp³-hybridized carbons (Fsp3) is 0. The molecular formula is C11H7BrCl2N2O2S. The van der Waals surface area contributed by atoms with Gasteiger partial charge in [-0.25, -0.2) is 13.4 Å². The van der Waals surface area contributed by atoms with E-state index in [1.54, 1.807) is 12.1 Å². The van der Waals surface area contributed by atoms with Crippen molar-refractivity contribution in [2.24, 2.45) is 0 Å². The molecule has 0 aliphatic heterocycles. The number of aromatic nitrogens is 1. The third-order valence-corrected chi connectivity index (χ3v) is 5.18. The molecule has 100 valence electrons. The lowest BCUT2D eigenvalue weighted by Gasteiger charge is -2.09. The van der Waals surface area contributed by atoms with E-state index in [4.69, 9.17) is 23.2 Å². The highest BCUT2D eigenvalue weighted by Crippen LogP contribution is 2.32. The number of halogens is 3. The van der Waals surface area contributed by atoms with Crippen molar-refractivity contribution < 1.29 is 8.42 Å². The summed E-state index contributed by atoms with van der Waals surface area (Å²) in [6.45, 7) is 0. The quantitative estimate of drug-likeness (QED) is 0.818. The second-order valence-corrected chi connectivity index (χ2v) is 6.84. The second kappa shape index (κ2) is 5.66. The Labute approximate surface area is 128 Å². The lowest BCUT2D eigenvalue weighted by Crippen LogP contribution is -2.14. The molecule has 0 saturated heterocycles. The number of rotatable bonds is 3. The topological polar surface area (TPSA) is 59.1 Å². The maximum absolute atomic E-state index is 12.2. The van der Waals surface area contributed by atoms with Gasteiger partial charge in [0.05, 0.1) is 10.0 Å². The Bertz CT molecular complexity index is 708. The molecule has 1 aromatic carbocycles. The van der Waals surface area contributed by atoms with Gasteiger partial charge in [0.25, 0.3) is 10.0 Å². The van der Waals surface area contributed by atoms with E-state index >= 15 is 0 Å². The van der Waals surface area contributed by atoms with Gasteiger partial charge < -0.3 is 0 Å². The van der Waals surface area contributed by atoms with Crippen molar-refractivity contribution in [1.82, 2.24) is 4.98 Å². The zero-order chi connectivity index (χ0) is 14.0. The van der Waals surface area contributed by atoms with Crippen molar-refractivity contribution in [3.05, 3.63) is 51.0 Å². The van der Waals surface area contributed by atoms with Gasteiger partial charge in [-0.15, -0.1) is 0 Å². The summed E-state index contributed by atoms with van der Waals surface area (Å²) in [5.74, 6) is 0.206. The van der Waals surface area contributed by atoms with E-state index in [1.165, 1.54) is 24.4 Å². The molecule has 0 saturated carbocycles. The monoisotopic (exact) mass is 380 g/mol. The first-order chi connectivity index (χ1) is 8.90. The van der Waals surface area contributed by atoms with Gasteiger partial charge in [0.15, 0.2) is 0 Å². The Morgan fingerprint density at radius 1 is 1.16 bits per heavy atom. The maximum Gasteiger partial charge on any atom is 0.264 e. The molecule has 0 aliphatic rings. The molecular weight excluding hydrogens is 375 g/mol. The molecule has 1 N–H and O–H groups in total. The summed E-state index contributed by atoms with van der Waals surface area (Å²) in [5.41, 5.74) is 0. The molecule has 2 aromatic rings. The van der Waals surface area contributed by atoms with Gasteiger partial charge in [-0.05, 0) is 40.2 Å². The smallest absolute Gasteiger partial charge is 0.263 e. The van der Waals surface area contributed by atoms with E-state index in [9.17, 15) is 8.42 Å². The van der Waals surface area contributed by atoms with Crippen LogP contribution in [-0.2, 0) is 10.0 Å². The molecule has 19 heavy (non-hydrogen) atoms.